The molecule has 8 unspecified atom stereocenters. The number of rotatable bonds is 49. The summed E-state index contributed by atoms with van der Waals surface area (Å²) >= 11 is 0. The summed E-state index contributed by atoms with van der Waals surface area (Å²) in [4.78, 5) is 59.7. The topological polar surface area (TPSA) is 207 Å². The zero-order chi connectivity index (χ0) is 56.3. The first-order chi connectivity index (χ1) is 36.1. The highest BCUT2D eigenvalue weighted by atomic mass is 16.6. The molecule has 13 heteroatoms. The molecule has 0 radical (unpaired) electrons. The summed E-state index contributed by atoms with van der Waals surface area (Å²) < 4.78 is 15.4. The largest absolute Gasteiger partial charge is 0.481 e. The quantitative estimate of drug-likeness (QED) is 0.0220. The molecule has 0 aromatic heterocycles. The third kappa shape index (κ3) is 49.3. The van der Waals surface area contributed by atoms with Gasteiger partial charge in [0.2, 0.25) is 11.8 Å². The highest BCUT2D eigenvalue weighted by Crippen LogP contribution is 2.25. The first kappa shape index (κ1) is 74.3. The fourth-order valence-corrected chi connectivity index (χ4v) is 9.23. The summed E-state index contributed by atoms with van der Waals surface area (Å²) in [6.07, 6.45) is 38.4. The fraction of sp³-hybridized carbons (Fsp3) is 0.919. The van der Waals surface area contributed by atoms with Crippen LogP contribution in [0.2, 0.25) is 0 Å². The molecule has 0 spiro atoms. The number of hydrogen-bond donors (Lipinski definition) is 5. The van der Waals surface area contributed by atoms with Crippen molar-refractivity contribution in [2.45, 2.75) is 305 Å². The van der Waals surface area contributed by atoms with Crippen molar-refractivity contribution in [1.82, 2.24) is 10.6 Å². The van der Waals surface area contributed by atoms with Crippen molar-refractivity contribution < 1.29 is 48.4 Å². The van der Waals surface area contributed by atoms with E-state index in [1.165, 1.54) is 135 Å². The van der Waals surface area contributed by atoms with Gasteiger partial charge in [-0.1, -0.05) is 209 Å². The monoisotopic (exact) mass is 1070 g/mol. The predicted molar refractivity (Wildman–Crippen MR) is 309 cm³/mol. The summed E-state index contributed by atoms with van der Waals surface area (Å²) in [7, 11) is 0. The van der Waals surface area contributed by atoms with Crippen molar-refractivity contribution in [3.05, 3.63) is 0 Å². The molecule has 8 atom stereocenters. The zero-order valence-corrected chi connectivity index (χ0v) is 50.1. The van der Waals surface area contributed by atoms with Gasteiger partial charge in [0.15, 0.2) is 0 Å². The van der Waals surface area contributed by atoms with E-state index in [-0.39, 0.29) is 55.4 Å². The number of aliphatic hydroxyl groups is 1. The Kier molecular flexibility index (Phi) is 52.7. The van der Waals surface area contributed by atoms with Crippen LogP contribution in [0.5, 0.6) is 0 Å². The van der Waals surface area contributed by atoms with Crippen molar-refractivity contribution in [2.24, 2.45) is 35.3 Å². The molecule has 1 saturated heterocycles. The Balaban J connectivity index is 0. The molecule has 0 saturated carbocycles. The van der Waals surface area contributed by atoms with Gasteiger partial charge in [0.1, 0.15) is 18.8 Å². The second-order valence-electron chi connectivity index (χ2n) is 22.3. The molecule has 75 heavy (non-hydrogen) atoms. The molecule has 0 aliphatic carbocycles. The van der Waals surface area contributed by atoms with Gasteiger partial charge in [0.05, 0.1) is 24.5 Å². The van der Waals surface area contributed by atoms with Crippen LogP contribution in [0.3, 0.4) is 0 Å². The number of hydrogen-bond acceptors (Lipinski definition) is 10. The minimum absolute atomic E-state index is 0.0127. The van der Waals surface area contributed by atoms with E-state index < -0.39 is 29.9 Å². The van der Waals surface area contributed by atoms with Crippen LogP contribution in [-0.4, -0.2) is 91.1 Å². The van der Waals surface area contributed by atoms with Crippen molar-refractivity contribution in [1.29, 1.82) is 0 Å². The Bertz CT molecular complexity index is 1350. The molecule has 1 fully saturated rings. The average molecular weight is 1070 g/mol. The number of nitrogens with one attached hydrogen (secondary N) is 2. The van der Waals surface area contributed by atoms with Crippen LogP contribution >= 0.6 is 0 Å². The Hall–Kier alpha value is -2.77. The van der Waals surface area contributed by atoms with Gasteiger partial charge >= 0.3 is 17.9 Å². The van der Waals surface area contributed by atoms with Crippen LogP contribution in [0, 0.1) is 29.6 Å². The van der Waals surface area contributed by atoms with Crippen molar-refractivity contribution in [2.75, 3.05) is 32.8 Å². The van der Waals surface area contributed by atoms with E-state index >= 15 is 0 Å². The Labute approximate surface area is 460 Å². The van der Waals surface area contributed by atoms with Crippen LogP contribution < -0.4 is 16.4 Å². The number of amides is 2. The number of carbonyl (C=O) groups is 5. The van der Waals surface area contributed by atoms with Crippen molar-refractivity contribution >= 4 is 29.7 Å². The summed E-state index contributed by atoms with van der Waals surface area (Å²) in [6.45, 7) is 21.3. The van der Waals surface area contributed by atoms with E-state index in [9.17, 15) is 34.2 Å². The second kappa shape index (κ2) is 53.2. The molecule has 6 N–H and O–H groups in total. The second-order valence-corrected chi connectivity index (χ2v) is 22.3. The predicted octanol–water partition coefficient (Wildman–Crippen LogP) is 14.4. The van der Waals surface area contributed by atoms with E-state index in [2.05, 4.69) is 45.3 Å². The number of ether oxygens (including phenoxy) is 3. The first-order valence-electron chi connectivity index (χ1n) is 31.2. The molecule has 1 aliphatic rings. The number of carboxylic acids is 1. The number of carboxylic acid groups (broad SMARTS) is 1. The molecular weight excluding hydrogens is 947 g/mol. The highest BCUT2D eigenvalue weighted by Gasteiger charge is 2.31. The Morgan fingerprint density at radius 2 is 1.07 bits per heavy atom. The standard InChI is InChI=1S/C27H56N2O.C22H39NO6.C13H26O3/c1-4-6-7-8-9-10-11-12-13-14-15-16-17-18-19-20-21-27(30)29-24-26(5-2)22-25(3)23-28;1-4-6-7-8-9-10-11-23-20(24)17(5-2)13-18(21(25)26)12-16(3)22(27)29-15-19-14-28-19;1-4-6-7-8-9-13(15)16-12(5-2)10-11(3)14/h25-26H,4-24,28H2,1-3H3,(H,29,30);16-19H,4-15H2,1-3H3,(H,23,24)(H,25,26);11-12,14H,4-10H2,1-3H3. The summed E-state index contributed by atoms with van der Waals surface area (Å²) in [5, 5.41) is 24.9. The van der Waals surface area contributed by atoms with Gasteiger partial charge in [-0.3, -0.25) is 24.0 Å². The molecule has 1 rings (SSSR count). The number of aliphatic hydroxyl groups excluding tert-OH is 1. The van der Waals surface area contributed by atoms with E-state index in [1.54, 1.807) is 13.8 Å². The lowest BCUT2D eigenvalue weighted by Crippen LogP contribution is -2.34. The van der Waals surface area contributed by atoms with Crippen LogP contribution in [0.1, 0.15) is 287 Å². The first-order valence-corrected chi connectivity index (χ1v) is 31.2. The van der Waals surface area contributed by atoms with Gasteiger partial charge in [0, 0.05) is 38.3 Å². The number of aliphatic carboxylic acids is 1. The molecule has 13 nitrogen and oxygen atoms in total. The molecular formula is C62H121N3O10. The Morgan fingerprint density at radius 3 is 1.51 bits per heavy atom. The van der Waals surface area contributed by atoms with Gasteiger partial charge < -0.3 is 40.8 Å². The van der Waals surface area contributed by atoms with Gasteiger partial charge in [-0.25, -0.2) is 0 Å². The van der Waals surface area contributed by atoms with Crippen LogP contribution in [0.15, 0.2) is 0 Å². The summed E-state index contributed by atoms with van der Waals surface area (Å²) in [5.41, 5.74) is 5.72. The van der Waals surface area contributed by atoms with E-state index in [4.69, 9.17) is 19.9 Å². The van der Waals surface area contributed by atoms with Crippen molar-refractivity contribution in [3.63, 3.8) is 0 Å². The van der Waals surface area contributed by atoms with Crippen LogP contribution in [0.4, 0.5) is 0 Å². The maximum atomic E-state index is 12.5. The third-order valence-electron chi connectivity index (χ3n) is 14.6. The summed E-state index contributed by atoms with van der Waals surface area (Å²) in [6, 6.07) is 0. The van der Waals surface area contributed by atoms with Crippen LogP contribution in [0.25, 0.3) is 0 Å². The number of nitrogens with two attached hydrogens (primary N) is 1. The maximum absolute atomic E-state index is 12.5. The minimum atomic E-state index is -0.975. The van der Waals surface area contributed by atoms with E-state index in [0.29, 0.717) is 50.7 Å². The molecule has 1 heterocycles. The number of epoxide rings is 1. The number of carbonyl (C=O) groups excluding carboxylic acids is 4. The van der Waals surface area contributed by atoms with E-state index in [0.717, 1.165) is 64.5 Å². The molecule has 0 aromatic rings. The Morgan fingerprint density at radius 1 is 0.587 bits per heavy atom. The molecule has 2 amide bonds. The fourth-order valence-electron chi connectivity index (χ4n) is 9.23. The molecule has 444 valence electrons. The maximum Gasteiger partial charge on any atom is 0.308 e. The molecule has 0 aromatic carbocycles. The van der Waals surface area contributed by atoms with E-state index in [1.807, 2.05) is 13.8 Å². The lowest BCUT2D eigenvalue weighted by molar-refractivity contribution is -0.152. The molecule has 1 aliphatic heterocycles. The highest BCUT2D eigenvalue weighted by molar-refractivity contribution is 5.80. The normalized spacial score (nSPS) is 15.6. The lowest BCUT2D eigenvalue weighted by atomic mass is 9.86. The SMILES string of the molecule is CCCCCCC(=O)OC(CC)CC(C)O.CCCCCCCCCCCCCCCCCCC(=O)NCC(CC)CC(C)CN.CCCCCCCCNC(=O)C(CC)CC(CC(C)C(=O)OCC1CO1)C(=O)O. The third-order valence-corrected chi connectivity index (χ3v) is 14.6. The average Bonchev–Trinajstić information content (AvgIpc) is 4.23. The minimum Gasteiger partial charge on any atom is -0.481 e. The summed E-state index contributed by atoms with van der Waals surface area (Å²) in [5.74, 6) is -1.89. The zero-order valence-electron chi connectivity index (χ0n) is 50.1. The van der Waals surface area contributed by atoms with Gasteiger partial charge in [-0.05, 0) is 76.7 Å². The van der Waals surface area contributed by atoms with Gasteiger partial charge in [-0.15, -0.1) is 0 Å². The van der Waals surface area contributed by atoms with Crippen molar-refractivity contribution in [3.8, 4) is 0 Å². The smallest absolute Gasteiger partial charge is 0.308 e. The molecule has 0 bridgehead atoms. The van der Waals surface area contributed by atoms with Gasteiger partial charge in [0.25, 0.3) is 0 Å². The van der Waals surface area contributed by atoms with Crippen LogP contribution in [-0.2, 0) is 38.2 Å². The number of unbranched alkanes of at least 4 members (excludes halogenated alkanes) is 23. The van der Waals surface area contributed by atoms with Gasteiger partial charge in [-0.2, -0.15) is 0 Å². The number of esters is 2. The lowest BCUT2D eigenvalue weighted by Gasteiger charge is -2.21.